The van der Waals surface area contributed by atoms with Crippen molar-refractivity contribution in [2.75, 3.05) is 13.2 Å². The first-order valence-electron chi connectivity index (χ1n) is 9.70. The van der Waals surface area contributed by atoms with Gasteiger partial charge in [0.1, 0.15) is 0 Å². The molecule has 0 fully saturated rings. The summed E-state index contributed by atoms with van der Waals surface area (Å²) in [5.41, 5.74) is 0. The van der Waals surface area contributed by atoms with E-state index in [1.807, 2.05) is 0 Å². The second-order valence-electron chi connectivity index (χ2n) is 6.61. The highest BCUT2D eigenvalue weighted by Gasteiger charge is 2.23. The van der Waals surface area contributed by atoms with Crippen molar-refractivity contribution in [3.8, 4) is 0 Å². The van der Waals surface area contributed by atoms with Gasteiger partial charge >= 0.3 is 8.56 Å². The Bertz CT molecular complexity index is 270. The molecular formula is C20H40O2Si. The van der Waals surface area contributed by atoms with Gasteiger partial charge in [0.05, 0.1) is 0 Å². The smallest absolute Gasteiger partial charge is 0.331 e. The molecule has 0 aromatic carbocycles. The van der Waals surface area contributed by atoms with Crippen molar-refractivity contribution in [2.24, 2.45) is 0 Å². The second kappa shape index (κ2) is 16.5. The summed E-state index contributed by atoms with van der Waals surface area (Å²) in [7, 11) is -1.93. The van der Waals surface area contributed by atoms with Crippen LogP contribution in [0.2, 0.25) is 13.1 Å². The summed E-state index contributed by atoms with van der Waals surface area (Å²) in [4.78, 5) is 0. The predicted molar refractivity (Wildman–Crippen MR) is 105 cm³/mol. The Hall–Kier alpha value is -0.383. The molecule has 0 radical (unpaired) electrons. The standard InChI is InChI=1S/C20H40O2Si/c1-5-7-9-11-13-15-17-19-21-23(3,4)22-20-18-16-14-12-10-8-6-2/h13-16H,5-12,17-20H2,1-4H3/b15-13+,16-14+. The van der Waals surface area contributed by atoms with Gasteiger partial charge < -0.3 is 8.85 Å². The van der Waals surface area contributed by atoms with Gasteiger partial charge in [-0.2, -0.15) is 0 Å². The fourth-order valence-corrected chi connectivity index (χ4v) is 3.59. The molecule has 3 heteroatoms. The van der Waals surface area contributed by atoms with Gasteiger partial charge in [-0.05, 0) is 51.6 Å². The maximum absolute atomic E-state index is 5.96. The maximum Gasteiger partial charge on any atom is 0.331 e. The Kier molecular flexibility index (Phi) is 16.2. The minimum Gasteiger partial charge on any atom is -0.394 e. The van der Waals surface area contributed by atoms with E-state index in [2.05, 4.69) is 51.2 Å². The Morgan fingerprint density at radius 1 is 0.609 bits per heavy atom. The van der Waals surface area contributed by atoms with Crippen LogP contribution in [0.1, 0.15) is 78.1 Å². The topological polar surface area (TPSA) is 18.5 Å². The van der Waals surface area contributed by atoms with Crippen LogP contribution in [0.4, 0.5) is 0 Å². The summed E-state index contributed by atoms with van der Waals surface area (Å²) < 4.78 is 11.9. The van der Waals surface area contributed by atoms with Crippen molar-refractivity contribution in [3.05, 3.63) is 24.3 Å². The van der Waals surface area contributed by atoms with Crippen molar-refractivity contribution in [1.82, 2.24) is 0 Å². The number of rotatable bonds is 16. The lowest BCUT2D eigenvalue weighted by Gasteiger charge is -2.22. The van der Waals surface area contributed by atoms with Crippen molar-refractivity contribution in [3.63, 3.8) is 0 Å². The number of hydrogen-bond donors (Lipinski definition) is 0. The van der Waals surface area contributed by atoms with E-state index >= 15 is 0 Å². The predicted octanol–water partition coefficient (Wildman–Crippen LogP) is 6.77. The first-order chi connectivity index (χ1) is 11.1. The molecule has 0 aliphatic heterocycles. The first-order valence-corrected chi connectivity index (χ1v) is 12.5. The minimum atomic E-state index is -1.93. The summed E-state index contributed by atoms with van der Waals surface area (Å²) in [5.74, 6) is 0. The Balaban J connectivity index is 3.53. The number of allylic oxidation sites excluding steroid dienone is 2. The third kappa shape index (κ3) is 17.8. The SMILES string of the molecule is CCCCC/C=C/CCO[Si](C)(C)OCC/C=C/CCCCC. The molecule has 0 aliphatic rings. The lowest BCUT2D eigenvalue weighted by Crippen LogP contribution is -2.35. The average molecular weight is 341 g/mol. The van der Waals surface area contributed by atoms with Gasteiger partial charge in [-0.15, -0.1) is 0 Å². The van der Waals surface area contributed by atoms with Crippen LogP contribution in [-0.2, 0) is 8.85 Å². The molecule has 0 heterocycles. The Morgan fingerprint density at radius 2 is 1.00 bits per heavy atom. The number of unbranched alkanes of at least 4 members (excludes halogenated alkanes) is 6. The molecule has 0 atom stereocenters. The molecule has 0 N–H and O–H groups in total. The molecule has 0 aliphatic carbocycles. The van der Waals surface area contributed by atoms with E-state index in [9.17, 15) is 0 Å². The fourth-order valence-electron chi connectivity index (χ4n) is 2.28. The van der Waals surface area contributed by atoms with Crippen LogP contribution in [0.25, 0.3) is 0 Å². The van der Waals surface area contributed by atoms with E-state index in [-0.39, 0.29) is 0 Å². The quantitative estimate of drug-likeness (QED) is 0.175. The van der Waals surface area contributed by atoms with E-state index in [0.29, 0.717) is 0 Å². The average Bonchev–Trinajstić information content (AvgIpc) is 2.52. The molecule has 136 valence electrons. The highest BCUT2D eigenvalue weighted by Crippen LogP contribution is 2.09. The second-order valence-corrected chi connectivity index (χ2v) is 9.99. The Morgan fingerprint density at radius 3 is 1.39 bits per heavy atom. The molecule has 0 aromatic heterocycles. The van der Waals surface area contributed by atoms with Gasteiger partial charge in [-0.3, -0.25) is 0 Å². The summed E-state index contributed by atoms with van der Waals surface area (Å²) in [5, 5.41) is 0. The first kappa shape index (κ1) is 22.6. The summed E-state index contributed by atoms with van der Waals surface area (Å²) in [6.45, 7) is 10.3. The Labute approximate surface area is 146 Å². The molecule has 0 spiro atoms. The monoisotopic (exact) mass is 340 g/mol. The normalized spacial score (nSPS) is 12.7. The van der Waals surface area contributed by atoms with Crippen LogP contribution >= 0.6 is 0 Å². The van der Waals surface area contributed by atoms with E-state index in [1.54, 1.807) is 0 Å². The molecule has 0 saturated carbocycles. The summed E-state index contributed by atoms with van der Waals surface area (Å²) in [6.07, 6.45) is 21.4. The van der Waals surface area contributed by atoms with Crippen LogP contribution in [0, 0.1) is 0 Å². The highest BCUT2D eigenvalue weighted by molar-refractivity contribution is 6.64. The largest absolute Gasteiger partial charge is 0.394 e. The van der Waals surface area contributed by atoms with Crippen LogP contribution < -0.4 is 0 Å². The maximum atomic E-state index is 5.96. The summed E-state index contributed by atoms with van der Waals surface area (Å²) >= 11 is 0. The van der Waals surface area contributed by atoms with E-state index in [4.69, 9.17) is 8.85 Å². The van der Waals surface area contributed by atoms with Crippen LogP contribution in [0.5, 0.6) is 0 Å². The lowest BCUT2D eigenvalue weighted by atomic mass is 10.2. The van der Waals surface area contributed by atoms with Crippen molar-refractivity contribution in [2.45, 2.75) is 91.1 Å². The van der Waals surface area contributed by atoms with Crippen molar-refractivity contribution < 1.29 is 8.85 Å². The third-order valence-electron chi connectivity index (χ3n) is 3.75. The van der Waals surface area contributed by atoms with Gasteiger partial charge in [0.15, 0.2) is 0 Å². The van der Waals surface area contributed by atoms with E-state index < -0.39 is 8.56 Å². The molecule has 0 unspecified atom stereocenters. The van der Waals surface area contributed by atoms with E-state index in [0.717, 1.165) is 26.1 Å². The molecule has 23 heavy (non-hydrogen) atoms. The van der Waals surface area contributed by atoms with E-state index in [1.165, 1.54) is 51.4 Å². The van der Waals surface area contributed by atoms with Crippen molar-refractivity contribution >= 4 is 8.56 Å². The van der Waals surface area contributed by atoms with Gasteiger partial charge in [-0.25, -0.2) is 0 Å². The fraction of sp³-hybridized carbons (Fsp3) is 0.800. The zero-order valence-electron chi connectivity index (χ0n) is 16.1. The van der Waals surface area contributed by atoms with Crippen molar-refractivity contribution in [1.29, 1.82) is 0 Å². The minimum absolute atomic E-state index is 0.788. The van der Waals surface area contributed by atoms with Crippen LogP contribution in [-0.4, -0.2) is 21.8 Å². The molecule has 0 aromatic rings. The number of hydrogen-bond acceptors (Lipinski definition) is 2. The third-order valence-corrected chi connectivity index (χ3v) is 5.55. The molecular weight excluding hydrogens is 300 g/mol. The lowest BCUT2D eigenvalue weighted by molar-refractivity contribution is 0.184. The molecule has 0 bridgehead atoms. The zero-order chi connectivity index (χ0) is 17.2. The van der Waals surface area contributed by atoms with Gasteiger partial charge in [0.2, 0.25) is 0 Å². The van der Waals surface area contributed by atoms with Gasteiger partial charge in [-0.1, -0.05) is 63.8 Å². The zero-order valence-corrected chi connectivity index (χ0v) is 17.1. The molecule has 2 nitrogen and oxygen atoms in total. The molecule has 0 saturated heterocycles. The van der Waals surface area contributed by atoms with Gasteiger partial charge in [0.25, 0.3) is 0 Å². The van der Waals surface area contributed by atoms with Crippen LogP contribution in [0.3, 0.4) is 0 Å². The van der Waals surface area contributed by atoms with Gasteiger partial charge in [0, 0.05) is 13.2 Å². The van der Waals surface area contributed by atoms with Crippen LogP contribution in [0.15, 0.2) is 24.3 Å². The molecule has 0 amide bonds. The summed E-state index contributed by atoms with van der Waals surface area (Å²) in [6, 6.07) is 0. The molecule has 0 rings (SSSR count). The highest BCUT2D eigenvalue weighted by atomic mass is 28.4.